The Hall–Kier alpha value is -1.13. The van der Waals surface area contributed by atoms with Gasteiger partial charge in [0.2, 0.25) is 0 Å². The number of nitrogens with zero attached hydrogens (tertiary/aromatic N) is 2. The van der Waals surface area contributed by atoms with Gasteiger partial charge in [0.15, 0.2) is 0 Å². The molecular weight excluding hydrogens is 236 g/mol. The average Bonchev–Trinajstić information content (AvgIpc) is 2.38. The van der Waals surface area contributed by atoms with E-state index in [1.54, 1.807) is 6.20 Å². The highest BCUT2D eigenvalue weighted by atomic mass is 15.2. The Morgan fingerprint density at radius 2 is 2.21 bits per heavy atom. The molecule has 4 N–H and O–H groups in total. The SMILES string of the molecule is CC1CCCC(C(N)c2cccnc2N)(N(C)C)C1. The molecule has 0 aliphatic heterocycles. The zero-order chi connectivity index (χ0) is 14.0. The summed E-state index contributed by atoms with van der Waals surface area (Å²) in [4.78, 5) is 6.48. The summed E-state index contributed by atoms with van der Waals surface area (Å²) in [6.45, 7) is 2.32. The highest BCUT2D eigenvalue weighted by molar-refractivity contribution is 5.42. The fourth-order valence-corrected chi connectivity index (χ4v) is 3.51. The number of hydrogen-bond acceptors (Lipinski definition) is 4. The summed E-state index contributed by atoms with van der Waals surface area (Å²) in [7, 11) is 4.26. The van der Waals surface area contributed by atoms with E-state index in [4.69, 9.17) is 11.5 Å². The van der Waals surface area contributed by atoms with Crippen molar-refractivity contribution in [2.45, 2.75) is 44.2 Å². The van der Waals surface area contributed by atoms with Gasteiger partial charge in [0.25, 0.3) is 0 Å². The van der Waals surface area contributed by atoms with E-state index in [1.807, 2.05) is 12.1 Å². The van der Waals surface area contributed by atoms with Crippen molar-refractivity contribution >= 4 is 5.82 Å². The zero-order valence-corrected chi connectivity index (χ0v) is 12.3. The Bertz CT molecular complexity index is 432. The molecular formula is C15H26N4. The van der Waals surface area contributed by atoms with Gasteiger partial charge in [-0.15, -0.1) is 0 Å². The van der Waals surface area contributed by atoms with Crippen LogP contribution in [0.25, 0.3) is 0 Å². The monoisotopic (exact) mass is 262 g/mol. The molecule has 0 aromatic carbocycles. The molecule has 1 saturated carbocycles. The molecule has 1 aliphatic rings. The molecule has 0 radical (unpaired) electrons. The molecule has 19 heavy (non-hydrogen) atoms. The molecule has 0 bridgehead atoms. The van der Waals surface area contributed by atoms with Gasteiger partial charge in [-0.1, -0.05) is 25.8 Å². The van der Waals surface area contributed by atoms with E-state index in [0.29, 0.717) is 11.7 Å². The molecule has 1 aromatic rings. The van der Waals surface area contributed by atoms with Gasteiger partial charge in [-0.25, -0.2) is 4.98 Å². The topological polar surface area (TPSA) is 68.2 Å². The van der Waals surface area contributed by atoms with Crippen LogP contribution in [-0.4, -0.2) is 29.5 Å². The smallest absolute Gasteiger partial charge is 0.128 e. The third-order valence-electron chi connectivity index (χ3n) is 4.68. The Morgan fingerprint density at radius 3 is 2.79 bits per heavy atom. The Kier molecular flexibility index (Phi) is 4.11. The summed E-state index contributed by atoms with van der Waals surface area (Å²) in [5, 5.41) is 0. The number of nitrogens with two attached hydrogens (primary N) is 2. The van der Waals surface area contributed by atoms with Gasteiger partial charge in [0.1, 0.15) is 5.82 Å². The van der Waals surface area contributed by atoms with Crippen LogP contribution in [-0.2, 0) is 0 Å². The molecule has 1 fully saturated rings. The first-order valence-corrected chi connectivity index (χ1v) is 7.11. The van der Waals surface area contributed by atoms with Gasteiger partial charge >= 0.3 is 0 Å². The van der Waals surface area contributed by atoms with Crippen molar-refractivity contribution in [2.75, 3.05) is 19.8 Å². The molecule has 0 amide bonds. The maximum Gasteiger partial charge on any atom is 0.128 e. The van der Waals surface area contributed by atoms with E-state index in [0.717, 1.165) is 18.4 Å². The standard InChI is InChI=1S/C15H26N4/c1-11-6-4-8-15(10-11,19(2)3)13(16)12-7-5-9-18-14(12)17/h5,7,9,11,13H,4,6,8,10,16H2,1-3H3,(H2,17,18). The Labute approximate surface area is 116 Å². The van der Waals surface area contributed by atoms with E-state index in [-0.39, 0.29) is 11.6 Å². The molecule has 1 heterocycles. The quantitative estimate of drug-likeness (QED) is 0.876. The van der Waals surface area contributed by atoms with Gasteiger partial charge in [0.05, 0.1) is 6.04 Å². The lowest BCUT2D eigenvalue weighted by atomic mass is 9.70. The fraction of sp³-hybridized carbons (Fsp3) is 0.667. The summed E-state index contributed by atoms with van der Waals surface area (Å²) in [5.74, 6) is 1.27. The van der Waals surface area contributed by atoms with Crippen LogP contribution in [0, 0.1) is 5.92 Å². The van der Waals surface area contributed by atoms with Crippen LogP contribution < -0.4 is 11.5 Å². The number of hydrogen-bond donors (Lipinski definition) is 2. The van der Waals surface area contributed by atoms with E-state index in [1.165, 1.54) is 12.8 Å². The molecule has 4 heteroatoms. The summed E-state index contributed by atoms with van der Waals surface area (Å²) in [5.41, 5.74) is 13.6. The van der Waals surface area contributed by atoms with Gasteiger partial charge in [-0.05, 0) is 38.9 Å². The lowest BCUT2D eigenvalue weighted by molar-refractivity contribution is 0.0501. The zero-order valence-electron chi connectivity index (χ0n) is 12.3. The molecule has 0 saturated heterocycles. The maximum absolute atomic E-state index is 6.61. The highest BCUT2D eigenvalue weighted by Gasteiger charge is 2.43. The summed E-state index contributed by atoms with van der Waals surface area (Å²) < 4.78 is 0. The second-order valence-corrected chi connectivity index (χ2v) is 6.16. The first kappa shape index (κ1) is 14.3. The number of nitrogen functional groups attached to an aromatic ring is 1. The number of rotatable bonds is 3. The van der Waals surface area contributed by atoms with Crippen molar-refractivity contribution < 1.29 is 0 Å². The molecule has 106 valence electrons. The predicted octanol–water partition coefficient (Wildman–Crippen LogP) is 2.17. The maximum atomic E-state index is 6.61. The minimum absolute atomic E-state index is 0.00514. The number of pyridine rings is 1. The van der Waals surface area contributed by atoms with Gasteiger partial charge in [-0.3, -0.25) is 0 Å². The molecule has 4 nitrogen and oxygen atoms in total. The van der Waals surface area contributed by atoms with E-state index in [9.17, 15) is 0 Å². The molecule has 0 spiro atoms. The number of likely N-dealkylation sites (N-methyl/N-ethyl adjacent to an activating group) is 1. The molecule has 3 unspecified atom stereocenters. The predicted molar refractivity (Wildman–Crippen MR) is 79.6 cm³/mol. The molecule has 1 aliphatic carbocycles. The number of anilines is 1. The van der Waals surface area contributed by atoms with Crippen molar-refractivity contribution in [1.29, 1.82) is 0 Å². The van der Waals surface area contributed by atoms with Crippen LogP contribution >= 0.6 is 0 Å². The highest BCUT2D eigenvalue weighted by Crippen LogP contribution is 2.43. The van der Waals surface area contributed by atoms with Gasteiger partial charge in [0, 0.05) is 17.3 Å². The first-order chi connectivity index (χ1) is 8.97. The summed E-state index contributed by atoms with van der Waals surface area (Å²) in [6.07, 6.45) is 6.49. The fourth-order valence-electron chi connectivity index (χ4n) is 3.51. The average molecular weight is 262 g/mol. The largest absolute Gasteiger partial charge is 0.383 e. The molecule has 2 rings (SSSR count). The first-order valence-electron chi connectivity index (χ1n) is 7.11. The van der Waals surface area contributed by atoms with E-state index < -0.39 is 0 Å². The van der Waals surface area contributed by atoms with Crippen LogP contribution in [0.5, 0.6) is 0 Å². The minimum atomic E-state index is -0.0843. The summed E-state index contributed by atoms with van der Waals surface area (Å²) in [6, 6.07) is 3.84. The second kappa shape index (κ2) is 5.47. The Balaban J connectivity index is 2.36. The Morgan fingerprint density at radius 1 is 1.47 bits per heavy atom. The van der Waals surface area contributed by atoms with Crippen molar-refractivity contribution in [3.8, 4) is 0 Å². The molecule has 1 aromatic heterocycles. The van der Waals surface area contributed by atoms with Crippen LogP contribution in [0.3, 0.4) is 0 Å². The van der Waals surface area contributed by atoms with Crippen LogP contribution in [0.1, 0.15) is 44.2 Å². The normalized spacial score (nSPS) is 29.4. The van der Waals surface area contributed by atoms with Crippen LogP contribution in [0.15, 0.2) is 18.3 Å². The minimum Gasteiger partial charge on any atom is -0.383 e. The number of aromatic nitrogens is 1. The second-order valence-electron chi connectivity index (χ2n) is 6.16. The van der Waals surface area contributed by atoms with Crippen LogP contribution in [0.4, 0.5) is 5.82 Å². The van der Waals surface area contributed by atoms with Crippen molar-refractivity contribution in [2.24, 2.45) is 11.7 Å². The third kappa shape index (κ3) is 2.60. The lowest BCUT2D eigenvalue weighted by Gasteiger charge is -2.49. The van der Waals surface area contributed by atoms with Crippen molar-refractivity contribution in [3.63, 3.8) is 0 Å². The third-order valence-corrected chi connectivity index (χ3v) is 4.68. The summed E-state index contributed by atoms with van der Waals surface area (Å²) >= 11 is 0. The van der Waals surface area contributed by atoms with Crippen molar-refractivity contribution in [3.05, 3.63) is 23.9 Å². The lowest BCUT2D eigenvalue weighted by Crippen LogP contribution is -2.54. The molecule has 3 atom stereocenters. The van der Waals surface area contributed by atoms with Gasteiger partial charge < -0.3 is 16.4 Å². The van der Waals surface area contributed by atoms with Gasteiger partial charge in [-0.2, -0.15) is 0 Å². The van der Waals surface area contributed by atoms with Crippen LogP contribution in [0.2, 0.25) is 0 Å². The van der Waals surface area contributed by atoms with E-state index >= 15 is 0 Å². The van der Waals surface area contributed by atoms with Crippen molar-refractivity contribution in [1.82, 2.24) is 9.88 Å². The van der Waals surface area contributed by atoms with E-state index in [2.05, 4.69) is 30.9 Å².